The van der Waals surface area contributed by atoms with Crippen molar-refractivity contribution >= 4 is 10.2 Å². The molecule has 2 heterocycles. The van der Waals surface area contributed by atoms with Crippen molar-refractivity contribution in [3.8, 4) is 0 Å². The summed E-state index contributed by atoms with van der Waals surface area (Å²) in [6, 6.07) is -0.117. The third-order valence-corrected chi connectivity index (χ3v) is 5.37. The molecular formula is C11H20N4O2S. The SMILES string of the molecule is Cc1cn[nH]c1[C@@H]1CCCCN1S(=O)(=O)N(C)C. The Morgan fingerprint density at radius 1 is 1.44 bits per heavy atom. The van der Waals surface area contributed by atoms with Gasteiger partial charge in [0.25, 0.3) is 10.2 Å². The van der Waals surface area contributed by atoms with Gasteiger partial charge in [0, 0.05) is 20.6 Å². The molecule has 102 valence electrons. The summed E-state index contributed by atoms with van der Waals surface area (Å²) in [5, 5.41) is 6.94. The maximum absolute atomic E-state index is 12.3. The molecule has 1 fully saturated rings. The molecule has 6 nitrogen and oxygen atoms in total. The van der Waals surface area contributed by atoms with Crippen LogP contribution in [0.5, 0.6) is 0 Å². The summed E-state index contributed by atoms with van der Waals surface area (Å²) in [6.45, 7) is 2.53. The van der Waals surface area contributed by atoms with E-state index in [1.165, 1.54) is 4.31 Å². The first kappa shape index (κ1) is 13.5. The van der Waals surface area contributed by atoms with E-state index >= 15 is 0 Å². The van der Waals surface area contributed by atoms with Crippen LogP contribution in [0.3, 0.4) is 0 Å². The Hall–Kier alpha value is -0.920. The fraction of sp³-hybridized carbons (Fsp3) is 0.727. The molecule has 0 spiro atoms. The van der Waals surface area contributed by atoms with Crippen LogP contribution in [0.25, 0.3) is 0 Å². The molecule has 0 amide bonds. The summed E-state index contributed by atoms with van der Waals surface area (Å²) in [5.41, 5.74) is 1.93. The van der Waals surface area contributed by atoms with E-state index < -0.39 is 10.2 Å². The van der Waals surface area contributed by atoms with Crippen molar-refractivity contribution in [1.29, 1.82) is 0 Å². The number of nitrogens with zero attached hydrogens (tertiary/aromatic N) is 3. The van der Waals surface area contributed by atoms with Gasteiger partial charge in [-0.15, -0.1) is 0 Å². The number of H-pyrrole nitrogens is 1. The minimum atomic E-state index is -3.37. The molecule has 0 aliphatic carbocycles. The Bertz CT molecular complexity index is 509. The molecule has 1 atom stereocenters. The standard InChI is InChI=1S/C11H20N4O2S/c1-9-8-12-13-11(9)10-6-4-5-7-15(10)18(16,17)14(2)3/h8,10H,4-7H2,1-3H3,(H,12,13)/t10-/m0/s1. The van der Waals surface area contributed by atoms with Gasteiger partial charge >= 0.3 is 0 Å². The molecule has 0 saturated carbocycles. The lowest BCUT2D eigenvalue weighted by Crippen LogP contribution is -2.44. The largest absolute Gasteiger partial charge is 0.282 e. The van der Waals surface area contributed by atoms with Crippen molar-refractivity contribution < 1.29 is 8.42 Å². The summed E-state index contributed by atoms with van der Waals surface area (Å²) in [6.07, 6.45) is 4.54. The minimum Gasteiger partial charge on any atom is -0.281 e. The molecule has 0 aromatic carbocycles. The number of aromatic nitrogens is 2. The smallest absolute Gasteiger partial charge is 0.281 e. The monoisotopic (exact) mass is 272 g/mol. The summed E-state index contributed by atoms with van der Waals surface area (Å²) in [5.74, 6) is 0. The van der Waals surface area contributed by atoms with Gasteiger partial charge in [0.1, 0.15) is 0 Å². The van der Waals surface area contributed by atoms with Gasteiger partial charge in [0.05, 0.1) is 17.9 Å². The third-order valence-electron chi connectivity index (χ3n) is 3.41. The molecular weight excluding hydrogens is 252 g/mol. The van der Waals surface area contributed by atoms with Crippen molar-refractivity contribution in [3.05, 3.63) is 17.5 Å². The van der Waals surface area contributed by atoms with Gasteiger partial charge in [-0.05, 0) is 25.3 Å². The van der Waals surface area contributed by atoms with Crippen LogP contribution in [0.15, 0.2) is 6.20 Å². The van der Waals surface area contributed by atoms with E-state index in [2.05, 4.69) is 10.2 Å². The lowest BCUT2D eigenvalue weighted by atomic mass is 10.00. The molecule has 2 rings (SSSR count). The molecule has 7 heteroatoms. The average molecular weight is 272 g/mol. The highest BCUT2D eigenvalue weighted by molar-refractivity contribution is 7.86. The van der Waals surface area contributed by atoms with Crippen LogP contribution < -0.4 is 0 Å². The summed E-state index contributed by atoms with van der Waals surface area (Å²) >= 11 is 0. The van der Waals surface area contributed by atoms with Crippen LogP contribution in [0.4, 0.5) is 0 Å². The predicted octanol–water partition coefficient (Wildman–Crippen LogP) is 1.05. The van der Waals surface area contributed by atoms with Crippen molar-refractivity contribution in [2.24, 2.45) is 0 Å². The highest BCUT2D eigenvalue weighted by atomic mass is 32.2. The van der Waals surface area contributed by atoms with E-state index in [9.17, 15) is 8.42 Å². The zero-order chi connectivity index (χ0) is 13.3. The van der Waals surface area contributed by atoms with E-state index in [1.807, 2.05) is 6.92 Å². The molecule has 18 heavy (non-hydrogen) atoms. The number of piperidine rings is 1. The van der Waals surface area contributed by atoms with Crippen molar-refractivity contribution in [3.63, 3.8) is 0 Å². The number of rotatable bonds is 3. The summed E-state index contributed by atoms with van der Waals surface area (Å²) < 4.78 is 27.5. The van der Waals surface area contributed by atoms with Gasteiger partial charge < -0.3 is 0 Å². The molecule has 1 aromatic rings. The Labute approximate surface area is 108 Å². The summed E-state index contributed by atoms with van der Waals surface area (Å²) in [7, 11) is -0.233. The van der Waals surface area contributed by atoms with Gasteiger partial charge in [-0.25, -0.2) is 0 Å². The van der Waals surface area contributed by atoms with Crippen molar-refractivity contribution in [2.45, 2.75) is 32.2 Å². The molecule has 0 unspecified atom stereocenters. The molecule has 1 aliphatic rings. The molecule has 1 aliphatic heterocycles. The number of aryl methyl sites for hydroxylation is 1. The second-order valence-corrected chi connectivity index (χ2v) is 6.97. The van der Waals surface area contributed by atoms with E-state index in [-0.39, 0.29) is 6.04 Å². The van der Waals surface area contributed by atoms with Crippen LogP contribution in [-0.2, 0) is 10.2 Å². The zero-order valence-electron chi connectivity index (χ0n) is 11.0. The first-order chi connectivity index (χ1) is 8.44. The highest BCUT2D eigenvalue weighted by Crippen LogP contribution is 2.33. The van der Waals surface area contributed by atoms with E-state index in [4.69, 9.17) is 0 Å². The third kappa shape index (κ3) is 2.30. The van der Waals surface area contributed by atoms with Crippen molar-refractivity contribution in [2.75, 3.05) is 20.6 Å². The van der Waals surface area contributed by atoms with E-state index in [1.54, 1.807) is 24.6 Å². The lowest BCUT2D eigenvalue weighted by molar-refractivity contribution is 0.238. The zero-order valence-corrected chi connectivity index (χ0v) is 11.9. The summed E-state index contributed by atoms with van der Waals surface area (Å²) in [4.78, 5) is 0. The van der Waals surface area contributed by atoms with E-state index in [0.29, 0.717) is 6.54 Å². The lowest BCUT2D eigenvalue weighted by Gasteiger charge is -2.35. The number of hydrogen-bond donors (Lipinski definition) is 1. The fourth-order valence-corrected chi connectivity index (χ4v) is 3.68. The molecule has 0 bridgehead atoms. The van der Waals surface area contributed by atoms with Crippen molar-refractivity contribution in [1.82, 2.24) is 18.8 Å². The first-order valence-corrected chi connectivity index (χ1v) is 7.53. The molecule has 1 saturated heterocycles. The maximum Gasteiger partial charge on any atom is 0.282 e. The second-order valence-electron chi connectivity index (χ2n) is 4.88. The van der Waals surface area contributed by atoms with Crippen LogP contribution in [0.2, 0.25) is 0 Å². The van der Waals surface area contributed by atoms with Crippen LogP contribution in [-0.4, -0.2) is 47.9 Å². The van der Waals surface area contributed by atoms with Gasteiger partial charge in [-0.3, -0.25) is 5.10 Å². The minimum absolute atomic E-state index is 0.117. The average Bonchev–Trinajstić information content (AvgIpc) is 2.75. The van der Waals surface area contributed by atoms with Gasteiger partial charge in [-0.2, -0.15) is 22.1 Å². The van der Waals surface area contributed by atoms with Gasteiger partial charge in [-0.1, -0.05) is 6.42 Å². The first-order valence-electron chi connectivity index (χ1n) is 6.13. The van der Waals surface area contributed by atoms with Crippen LogP contribution >= 0.6 is 0 Å². The van der Waals surface area contributed by atoms with Gasteiger partial charge in [0.15, 0.2) is 0 Å². The van der Waals surface area contributed by atoms with Crippen LogP contribution in [0, 0.1) is 6.92 Å². The molecule has 1 N–H and O–H groups in total. The Balaban J connectivity index is 2.36. The Morgan fingerprint density at radius 3 is 2.72 bits per heavy atom. The predicted molar refractivity (Wildman–Crippen MR) is 69.2 cm³/mol. The number of aromatic amines is 1. The molecule has 0 radical (unpaired) electrons. The Kier molecular flexibility index (Phi) is 3.74. The van der Waals surface area contributed by atoms with Gasteiger partial charge in [0.2, 0.25) is 0 Å². The fourth-order valence-electron chi connectivity index (χ4n) is 2.37. The quantitative estimate of drug-likeness (QED) is 0.894. The van der Waals surface area contributed by atoms with Crippen LogP contribution in [0.1, 0.15) is 36.6 Å². The normalized spacial score (nSPS) is 22.6. The number of hydrogen-bond acceptors (Lipinski definition) is 3. The van der Waals surface area contributed by atoms with E-state index in [0.717, 1.165) is 30.5 Å². The highest BCUT2D eigenvalue weighted by Gasteiger charge is 2.35. The topological polar surface area (TPSA) is 69.3 Å². The Morgan fingerprint density at radius 2 is 2.17 bits per heavy atom. The maximum atomic E-state index is 12.3. The second kappa shape index (κ2) is 4.99. The molecule has 1 aromatic heterocycles. The number of nitrogens with one attached hydrogen (secondary N) is 1.